The lowest BCUT2D eigenvalue weighted by Crippen LogP contribution is -2.37. The van der Waals surface area contributed by atoms with E-state index in [9.17, 15) is 4.79 Å². The van der Waals surface area contributed by atoms with Gasteiger partial charge in [-0.05, 0) is 30.4 Å². The highest BCUT2D eigenvalue weighted by Gasteiger charge is 2.22. The Kier molecular flexibility index (Phi) is 4.76. The van der Waals surface area contributed by atoms with Crippen molar-refractivity contribution in [2.24, 2.45) is 0 Å². The summed E-state index contributed by atoms with van der Waals surface area (Å²) in [5.41, 5.74) is 2.71. The molecule has 0 radical (unpaired) electrons. The molecule has 98 valence electrons. The van der Waals surface area contributed by atoms with Gasteiger partial charge in [0.05, 0.1) is 0 Å². The Morgan fingerprint density at radius 1 is 1.33 bits per heavy atom. The van der Waals surface area contributed by atoms with E-state index in [1.165, 1.54) is 11.1 Å². The Bertz CT molecular complexity index is 378. The molecule has 0 aliphatic heterocycles. The van der Waals surface area contributed by atoms with Crippen LogP contribution in [0.4, 0.5) is 0 Å². The molecule has 18 heavy (non-hydrogen) atoms. The van der Waals surface area contributed by atoms with Crippen LogP contribution < -0.4 is 5.32 Å². The van der Waals surface area contributed by atoms with Crippen LogP contribution >= 0.6 is 0 Å². The second kappa shape index (κ2) is 6.55. The van der Waals surface area contributed by atoms with E-state index in [-0.39, 0.29) is 18.6 Å². The highest BCUT2D eigenvalue weighted by Crippen LogP contribution is 2.21. The van der Waals surface area contributed by atoms with Crippen molar-refractivity contribution >= 4 is 5.91 Å². The largest absolute Gasteiger partial charge is 0.372 e. The number of hydrogen-bond acceptors (Lipinski definition) is 2. The lowest BCUT2D eigenvalue weighted by molar-refractivity contribution is -0.126. The summed E-state index contributed by atoms with van der Waals surface area (Å²) in [7, 11) is 0. The Morgan fingerprint density at radius 2 is 2.00 bits per heavy atom. The Balaban J connectivity index is 1.71. The van der Waals surface area contributed by atoms with Gasteiger partial charge in [0.25, 0.3) is 0 Å². The van der Waals surface area contributed by atoms with Crippen molar-refractivity contribution in [3.8, 4) is 0 Å². The predicted octanol–water partition coefficient (Wildman–Crippen LogP) is 2.09. The van der Waals surface area contributed by atoms with Gasteiger partial charge in [-0.3, -0.25) is 4.79 Å². The molecule has 0 unspecified atom stereocenters. The topological polar surface area (TPSA) is 38.3 Å². The van der Waals surface area contributed by atoms with E-state index in [0.717, 1.165) is 25.7 Å². The number of rotatable bonds is 6. The molecule has 0 aromatic heterocycles. The average Bonchev–Trinajstić information content (AvgIpc) is 2.76. The highest BCUT2D eigenvalue weighted by atomic mass is 16.5. The van der Waals surface area contributed by atoms with Crippen molar-refractivity contribution in [3.05, 3.63) is 35.4 Å². The fourth-order valence-corrected chi connectivity index (χ4v) is 2.34. The van der Waals surface area contributed by atoms with Crippen molar-refractivity contribution in [2.75, 3.05) is 13.2 Å². The molecule has 0 heterocycles. The first-order valence-electron chi connectivity index (χ1n) is 6.73. The quantitative estimate of drug-likeness (QED) is 0.782. The summed E-state index contributed by atoms with van der Waals surface area (Å²) in [6, 6.07) is 8.62. The van der Waals surface area contributed by atoms with Crippen LogP contribution in [-0.2, 0) is 22.4 Å². The molecular formula is C15H21NO2. The fourth-order valence-electron chi connectivity index (χ4n) is 2.34. The maximum atomic E-state index is 11.7. The van der Waals surface area contributed by atoms with E-state index >= 15 is 0 Å². The van der Waals surface area contributed by atoms with E-state index < -0.39 is 0 Å². The summed E-state index contributed by atoms with van der Waals surface area (Å²) in [6.45, 7) is 2.97. The monoisotopic (exact) mass is 247 g/mol. The minimum Gasteiger partial charge on any atom is -0.372 e. The summed E-state index contributed by atoms with van der Waals surface area (Å²) in [5, 5.41) is 3.04. The molecule has 3 nitrogen and oxygen atoms in total. The van der Waals surface area contributed by atoms with Crippen LogP contribution in [-0.4, -0.2) is 25.2 Å². The minimum absolute atomic E-state index is 0.00362. The van der Waals surface area contributed by atoms with E-state index in [1.54, 1.807) is 0 Å². The summed E-state index contributed by atoms with van der Waals surface area (Å²) in [5.74, 6) is 0.00362. The molecule has 1 N–H and O–H groups in total. The van der Waals surface area contributed by atoms with Gasteiger partial charge in [0.15, 0.2) is 0 Å². The predicted molar refractivity (Wildman–Crippen MR) is 71.5 cm³/mol. The summed E-state index contributed by atoms with van der Waals surface area (Å²) < 4.78 is 5.31. The molecule has 1 aromatic carbocycles. The third-order valence-electron chi connectivity index (χ3n) is 3.29. The maximum absolute atomic E-state index is 11.7. The van der Waals surface area contributed by atoms with Crippen molar-refractivity contribution in [3.63, 3.8) is 0 Å². The highest BCUT2D eigenvalue weighted by molar-refractivity contribution is 5.77. The van der Waals surface area contributed by atoms with Crippen LogP contribution in [0, 0.1) is 0 Å². The number of benzene rings is 1. The molecule has 1 amide bonds. The van der Waals surface area contributed by atoms with Gasteiger partial charge in [0.2, 0.25) is 5.91 Å². The lowest BCUT2D eigenvalue weighted by Gasteiger charge is -2.12. The van der Waals surface area contributed by atoms with E-state index in [1.807, 2.05) is 0 Å². The summed E-state index contributed by atoms with van der Waals surface area (Å²) in [6.07, 6.45) is 4.00. The van der Waals surface area contributed by atoms with Gasteiger partial charge in [0.1, 0.15) is 6.61 Å². The van der Waals surface area contributed by atoms with Crippen molar-refractivity contribution in [2.45, 2.75) is 38.6 Å². The summed E-state index contributed by atoms with van der Waals surface area (Å²) in [4.78, 5) is 11.7. The second-order valence-corrected chi connectivity index (χ2v) is 4.85. The number of nitrogens with one attached hydrogen (secondary N) is 1. The van der Waals surface area contributed by atoms with Gasteiger partial charge in [-0.1, -0.05) is 37.6 Å². The Morgan fingerprint density at radius 3 is 2.61 bits per heavy atom. The maximum Gasteiger partial charge on any atom is 0.246 e. The van der Waals surface area contributed by atoms with E-state index in [2.05, 4.69) is 36.5 Å². The molecule has 3 heteroatoms. The van der Waals surface area contributed by atoms with Gasteiger partial charge in [0, 0.05) is 12.6 Å². The molecule has 0 saturated carbocycles. The number of hydrogen-bond donors (Lipinski definition) is 1. The summed E-state index contributed by atoms with van der Waals surface area (Å²) >= 11 is 0. The molecule has 0 atom stereocenters. The number of carbonyl (C=O) groups is 1. The van der Waals surface area contributed by atoms with Gasteiger partial charge in [-0.25, -0.2) is 0 Å². The number of unbranched alkanes of at least 4 members (excludes halogenated alkanes) is 1. The first-order chi connectivity index (χ1) is 8.79. The first-order valence-corrected chi connectivity index (χ1v) is 6.73. The number of amides is 1. The molecule has 1 aliphatic carbocycles. The van der Waals surface area contributed by atoms with Crippen molar-refractivity contribution in [1.29, 1.82) is 0 Å². The number of fused-ring (bicyclic) bond motifs is 1. The second-order valence-electron chi connectivity index (χ2n) is 4.85. The molecule has 1 aromatic rings. The molecule has 1 aliphatic rings. The van der Waals surface area contributed by atoms with Crippen LogP contribution in [0.5, 0.6) is 0 Å². The minimum atomic E-state index is 0.00362. The zero-order valence-corrected chi connectivity index (χ0v) is 10.9. The van der Waals surface area contributed by atoms with Gasteiger partial charge < -0.3 is 10.1 Å². The van der Waals surface area contributed by atoms with Crippen LogP contribution in [0.3, 0.4) is 0 Å². The van der Waals surface area contributed by atoms with Crippen LogP contribution in [0.15, 0.2) is 24.3 Å². The molecular weight excluding hydrogens is 226 g/mol. The van der Waals surface area contributed by atoms with Crippen LogP contribution in [0.2, 0.25) is 0 Å². The average molecular weight is 247 g/mol. The van der Waals surface area contributed by atoms with Crippen LogP contribution in [0.1, 0.15) is 30.9 Å². The molecule has 0 spiro atoms. The van der Waals surface area contributed by atoms with Crippen LogP contribution in [0.25, 0.3) is 0 Å². The number of carbonyl (C=O) groups excluding carboxylic acids is 1. The zero-order valence-electron chi connectivity index (χ0n) is 10.9. The first kappa shape index (κ1) is 13.1. The molecule has 0 bridgehead atoms. The van der Waals surface area contributed by atoms with Crippen molar-refractivity contribution in [1.82, 2.24) is 5.32 Å². The molecule has 0 saturated heterocycles. The molecule has 2 rings (SSSR count). The third kappa shape index (κ3) is 3.57. The number of ether oxygens (including phenoxy) is 1. The Labute approximate surface area is 109 Å². The van der Waals surface area contributed by atoms with E-state index in [0.29, 0.717) is 6.61 Å². The SMILES string of the molecule is CCCCOCC(=O)NC1Cc2ccccc2C1. The third-order valence-corrected chi connectivity index (χ3v) is 3.29. The normalized spacial score (nSPS) is 14.5. The lowest BCUT2D eigenvalue weighted by atomic mass is 10.1. The smallest absolute Gasteiger partial charge is 0.246 e. The van der Waals surface area contributed by atoms with Crippen molar-refractivity contribution < 1.29 is 9.53 Å². The Hall–Kier alpha value is -1.35. The fraction of sp³-hybridized carbons (Fsp3) is 0.533. The standard InChI is InChI=1S/C15H21NO2/c1-2-3-8-18-11-15(17)16-14-9-12-6-4-5-7-13(12)10-14/h4-7,14H,2-3,8-11H2,1H3,(H,16,17). The molecule has 0 fully saturated rings. The van der Waals surface area contributed by atoms with E-state index in [4.69, 9.17) is 4.74 Å². The van der Waals surface area contributed by atoms with Gasteiger partial charge >= 0.3 is 0 Å². The zero-order chi connectivity index (χ0) is 12.8. The van der Waals surface area contributed by atoms with Gasteiger partial charge in [-0.2, -0.15) is 0 Å². The van der Waals surface area contributed by atoms with Gasteiger partial charge in [-0.15, -0.1) is 0 Å².